The molecule has 88 valence electrons. The lowest BCUT2D eigenvalue weighted by Gasteiger charge is -2.02. The highest BCUT2D eigenvalue weighted by Crippen LogP contribution is 2.71. The van der Waals surface area contributed by atoms with E-state index >= 15 is 0 Å². The number of alkyl halides is 4. The third kappa shape index (κ3) is 1.47. The molecule has 1 unspecified atom stereocenters. The summed E-state index contributed by atoms with van der Waals surface area (Å²) < 4.78 is 24.8. The van der Waals surface area contributed by atoms with E-state index in [1.807, 2.05) is 30.3 Å². The van der Waals surface area contributed by atoms with Crippen LogP contribution in [-0.4, -0.2) is 10.3 Å². The SMILES string of the molecule is FC1(F)C(c2ccc3ccccc3c2)C1(Cl)Cl. The summed E-state index contributed by atoms with van der Waals surface area (Å²) in [6.45, 7) is 0. The molecule has 0 radical (unpaired) electrons. The van der Waals surface area contributed by atoms with Gasteiger partial charge in [0.1, 0.15) is 0 Å². The van der Waals surface area contributed by atoms with Crippen LogP contribution in [0.5, 0.6) is 0 Å². The van der Waals surface area contributed by atoms with Crippen molar-refractivity contribution in [2.45, 2.75) is 16.2 Å². The van der Waals surface area contributed by atoms with Gasteiger partial charge in [-0.05, 0) is 16.3 Å². The molecule has 2 aromatic carbocycles. The molecule has 1 fully saturated rings. The first-order valence-electron chi connectivity index (χ1n) is 5.19. The zero-order chi connectivity index (χ0) is 12.3. The van der Waals surface area contributed by atoms with E-state index in [1.165, 1.54) is 0 Å². The fourth-order valence-corrected chi connectivity index (χ4v) is 2.78. The zero-order valence-electron chi connectivity index (χ0n) is 8.63. The number of rotatable bonds is 1. The summed E-state index contributed by atoms with van der Waals surface area (Å²) in [5, 5.41) is 1.92. The molecule has 3 rings (SSSR count). The van der Waals surface area contributed by atoms with Crippen LogP contribution in [0.3, 0.4) is 0 Å². The third-order valence-corrected chi connectivity index (χ3v) is 4.13. The van der Waals surface area contributed by atoms with E-state index in [9.17, 15) is 8.78 Å². The van der Waals surface area contributed by atoms with Crippen molar-refractivity contribution >= 4 is 34.0 Å². The Kier molecular flexibility index (Phi) is 2.20. The van der Waals surface area contributed by atoms with Gasteiger partial charge in [0.05, 0.1) is 5.92 Å². The van der Waals surface area contributed by atoms with Gasteiger partial charge in [-0.25, -0.2) is 8.78 Å². The Balaban J connectivity index is 2.09. The van der Waals surface area contributed by atoms with Crippen molar-refractivity contribution in [3.05, 3.63) is 48.0 Å². The van der Waals surface area contributed by atoms with Crippen molar-refractivity contribution < 1.29 is 8.78 Å². The molecular formula is C13H8Cl2F2. The molecule has 0 amide bonds. The fourth-order valence-electron chi connectivity index (χ4n) is 2.15. The lowest BCUT2D eigenvalue weighted by molar-refractivity contribution is 0.109. The smallest absolute Gasteiger partial charge is 0.203 e. The topological polar surface area (TPSA) is 0 Å². The highest BCUT2D eigenvalue weighted by molar-refractivity contribution is 6.53. The summed E-state index contributed by atoms with van der Waals surface area (Å²) in [6, 6.07) is 12.8. The fraction of sp³-hybridized carbons (Fsp3) is 0.231. The second-order valence-corrected chi connectivity index (χ2v) is 5.67. The molecule has 0 saturated heterocycles. The number of hydrogen-bond acceptors (Lipinski definition) is 0. The minimum absolute atomic E-state index is 0.485. The summed E-state index contributed by atoms with van der Waals surface area (Å²) in [5.74, 6) is -4.15. The van der Waals surface area contributed by atoms with Crippen molar-refractivity contribution in [3.8, 4) is 0 Å². The number of halogens is 4. The predicted octanol–water partition coefficient (Wildman–Crippen LogP) is 4.75. The second kappa shape index (κ2) is 3.33. The number of hydrogen-bond donors (Lipinski definition) is 0. The van der Waals surface area contributed by atoms with Gasteiger partial charge < -0.3 is 0 Å². The predicted molar refractivity (Wildman–Crippen MR) is 66.1 cm³/mol. The van der Waals surface area contributed by atoms with E-state index in [1.54, 1.807) is 12.1 Å². The van der Waals surface area contributed by atoms with Crippen LogP contribution in [0.2, 0.25) is 0 Å². The summed E-state index contributed by atoms with van der Waals surface area (Å²) in [4.78, 5) is 0. The van der Waals surface area contributed by atoms with E-state index in [2.05, 4.69) is 0 Å². The molecule has 0 nitrogen and oxygen atoms in total. The minimum atomic E-state index is -3.04. The molecule has 0 aromatic heterocycles. The molecule has 17 heavy (non-hydrogen) atoms. The summed E-state index contributed by atoms with van der Waals surface area (Å²) >= 11 is 11.2. The van der Waals surface area contributed by atoms with Gasteiger partial charge in [-0.3, -0.25) is 0 Å². The van der Waals surface area contributed by atoms with Gasteiger partial charge in [0.15, 0.2) is 4.33 Å². The van der Waals surface area contributed by atoms with Crippen molar-refractivity contribution in [1.29, 1.82) is 0 Å². The van der Waals surface area contributed by atoms with Crippen LogP contribution in [0.25, 0.3) is 10.8 Å². The molecule has 0 N–H and O–H groups in total. The molecule has 4 heteroatoms. The Hall–Kier alpha value is -0.860. The molecule has 1 saturated carbocycles. The summed E-state index contributed by atoms with van der Waals surface area (Å²) in [6.07, 6.45) is 0. The Bertz CT molecular complexity index is 579. The van der Waals surface area contributed by atoms with Crippen LogP contribution in [0.4, 0.5) is 8.78 Å². The normalized spacial score (nSPS) is 24.8. The van der Waals surface area contributed by atoms with E-state index in [0.717, 1.165) is 10.8 Å². The first-order valence-corrected chi connectivity index (χ1v) is 5.94. The first kappa shape index (κ1) is 11.2. The second-order valence-electron chi connectivity index (χ2n) is 4.29. The van der Waals surface area contributed by atoms with Crippen LogP contribution in [0.1, 0.15) is 11.5 Å². The number of benzene rings is 2. The molecule has 0 heterocycles. The maximum absolute atomic E-state index is 13.4. The highest BCUT2D eigenvalue weighted by Gasteiger charge is 2.80. The largest absolute Gasteiger partial charge is 0.291 e. The Morgan fingerprint density at radius 3 is 2.12 bits per heavy atom. The number of fused-ring (bicyclic) bond motifs is 1. The van der Waals surface area contributed by atoms with Gasteiger partial charge in [-0.2, -0.15) is 0 Å². The highest BCUT2D eigenvalue weighted by atomic mass is 35.5. The van der Waals surface area contributed by atoms with E-state index in [-0.39, 0.29) is 0 Å². The third-order valence-electron chi connectivity index (χ3n) is 3.19. The maximum atomic E-state index is 13.4. The quantitative estimate of drug-likeness (QED) is 0.658. The van der Waals surface area contributed by atoms with Crippen molar-refractivity contribution in [2.24, 2.45) is 0 Å². The average molecular weight is 273 g/mol. The molecule has 1 atom stereocenters. The van der Waals surface area contributed by atoms with Crippen LogP contribution in [0.15, 0.2) is 42.5 Å². The average Bonchev–Trinajstić information content (AvgIpc) is 2.69. The lowest BCUT2D eigenvalue weighted by Crippen LogP contribution is -1.99. The molecule has 1 aliphatic carbocycles. The Morgan fingerprint density at radius 1 is 0.941 bits per heavy atom. The standard InChI is InChI=1S/C13H8Cl2F2/c14-12(15)11(13(12,16)17)10-6-5-8-3-1-2-4-9(8)7-10/h1-7,11H. The molecule has 0 bridgehead atoms. The van der Waals surface area contributed by atoms with Gasteiger partial charge in [0.2, 0.25) is 0 Å². The van der Waals surface area contributed by atoms with Crippen LogP contribution in [-0.2, 0) is 0 Å². The van der Waals surface area contributed by atoms with Crippen LogP contribution in [0, 0.1) is 0 Å². The van der Waals surface area contributed by atoms with Crippen molar-refractivity contribution in [3.63, 3.8) is 0 Å². The van der Waals surface area contributed by atoms with Gasteiger partial charge in [0, 0.05) is 0 Å². The lowest BCUT2D eigenvalue weighted by atomic mass is 10.0. The van der Waals surface area contributed by atoms with Crippen molar-refractivity contribution in [1.82, 2.24) is 0 Å². The van der Waals surface area contributed by atoms with Gasteiger partial charge in [0.25, 0.3) is 5.92 Å². The molecule has 0 aliphatic heterocycles. The van der Waals surface area contributed by atoms with Gasteiger partial charge in [-0.1, -0.05) is 65.7 Å². The molecular weight excluding hydrogens is 265 g/mol. The van der Waals surface area contributed by atoms with E-state index < -0.39 is 16.2 Å². The summed E-state index contributed by atoms with van der Waals surface area (Å²) in [5.41, 5.74) is 0.485. The van der Waals surface area contributed by atoms with Gasteiger partial charge >= 0.3 is 0 Å². The Labute approximate surface area is 107 Å². The monoisotopic (exact) mass is 272 g/mol. The van der Waals surface area contributed by atoms with Crippen LogP contribution >= 0.6 is 23.2 Å². The molecule has 0 spiro atoms. The van der Waals surface area contributed by atoms with Crippen LogP contribution < -0.4 is 0 Å². The molecule has 1 aliphatic rings. The maximum Gasteiger partial charge on any atom is 0.291 e. The minimum Gasteiger partial charge on any atom is -0.203 e. The first-order chi connectivity index (χ1) is 7.94. The van der Waals surface area contributed by atoms with Gasteiger partial charge in [-0.15, -0.1) is 0 Å². The molecule has 2 aromatic rings. The Morgan fingerprint density at radius 2 is 1.53 bits per heavy atom. The van der Waals surface area contributed by atoms with Crippen molar-refractivity contribution in [2.75, 3.05) is 0 Å². The zero-order valence-corrected chi connectivity index (χ0v) is 10.1. The van der Waals surface area contributed by atoms with E-state index in [4.69, 9.17) is 23.2 Å². The summed E-state index contributed by atoms with van der Waals surface area (Å²) in [7, 11) is 0. The van der Waals surface area contributed by atoms with E-state index in [0.29, 0.717) is 5.56 Å².